The first kappa shape index (κ1) is 19.8. The molecule has 1 N–H and O–H groups in total. The van der Waals surface area contributed by atoms with E-state index in [9.17, 15) is 21.6 Å². The second kappa shape index (κ2) is 7.24. The van der Waals surface area contributed by atoms with E-state index in [1.807, 2.05) is 0 Å². The van der Waals surface area contributed by atoms with Gasteiger partial charge in [-0.1, -0.05) is 22.8 Å². The SMILES string of the molecule is Cn1nnnc1Oc1ncc(Cl)cc1NS(=O)(=O)c1cccc(C(F)(F)F)c1. The Bertz CT molecular complexity index is 1120. The summed E-state index contributed by atoms with van der Waals surface area (Å²) in [7, 11) is -2.94. The highest BCUT2D eigenvalue weighted by Crippen LogP contribution is 2.33. The molecule has 3 aromatic rings. The zero-order chi connectivity index (χ0) is 20.5. The molecule has 0 atom stereocenters. The predicted octanol–water partition coefficient (Wildman–Crippen LogP) is 2.87. The van der Waals surface area contributed by atoms with E-state index in [0.717, 1.165) is 22.9 Å². The minimum absolute atomic E-state index is 0.0604. The molecule has 0 spiro atoms. The molecule has 3 rings (SSSR count). The number of anilines is 1. The van der Waals surface area contributed by atoms with Crippen LogP contribution < -0.4 is 9.46 Å². The van der Waals surface area contributed by atoms with Crippen LogP contribution >= 0.6 is 11.6 Å². The Balaban J connectivity index is 1.96. The van der Waals surface area contributed by atoms with Crippen LogP contribution in [0.3, 0.4) is 0 Å². The van der Waals surface area contributed by atoms with E-state index in [2.05, 4.69) is 25.2 Å². The fourth-order valence-corrected chi connectivity index (χ4v) is 3.27. The van der Waals surface area contributed by atoms with Gasteiger partial charge in [-0.2, -0.15) is 17.9 Å². The van der Waals surface area contributed by atoms with Gasteiger partial charge in [-0.05, 0) is 34.7 Å². The molecule has 28 heavy (non-hydrogen) atoms. The van der Waals surface area contributed by atoms with Crippen LogP contribution in [0.15, 0.2) is 41.4 Å². The maximum Gasteiger partial charge on any atom is 0.416 e. The Kier molecular flexibility index (Phi) is 5.12. The fourth-order valence-electron chi connectivity index (χ4n) is 2.02. The first-order chi connectivity index (χ1) is 13.1. The largest absolute Gasteiger partial charge is 0.416 e. The van der Waals surface area contributed by atoms with Gasteiger partial charge in [0.05, 0.1) is 15.5 Å². The van der Waals surface area contributed by atoms with Gasteiger partial charge in [0, 0.05) is 13.2 Å². The summed E-state index contributed by atoms with van der Waals surface area (Å²) in [5, 5.41) is 10.5. The maximum atomic E-state index is 12.9. The van der Waals surface area contributed by atoms with Crippen molar-refractivity contribution in [3.8, 4) is 11.9 Å². The number of rotatable bonds is 5. The molecule has 1 aromatic carbocycles. The van der Waals surface area contributed by atoms with Crippen molar-refractivity contribution >= 4 is 27.3 Å². The average molecular weight is 435 g/mol. The minimum atomic E-state index is -4.70. The van der Waals surface area contributed by atoms with Crippen molar-refractivity contribution in [2.45, 2.75) is 11.1 Å². The van der Waals surface area contributed by atoms with E-state index >= 15 is 0 Å². The summed E-state index contributed by atoms with van der Waals surface area (Å²) in [5.74, 6) is -0.252. The molecule has 0 aliphatic heterocycles. The monoisotopic (exact) mass is 434 g/mol. The van der Waals surface area contributed by atoms with Gasteiger partial charge in [-0.3, -0.25) is 4.72 Å². The number of benzene rings is 1. The first-order valence-electron chi connectivity index (χ1n) is 7.32. The molecule has 2 aromatic heterocycles. The third-order valence-electron chi connectivity index (χ3n) is 3.30. The topological polar surface area (TPSA) is 112 Å². The van der Waals surface area contributed by atoms with Gasteiger partial charge >= 0.3 is 12.2 Å². The van der Waals surface area contributed by atoms with Crippen molar-refractivity contribution in [3.63, 3.8) is 0 Å². The summed E-state index contributed by atoms with van der Waals surface area (Å²) >= 11 is 5.84. The number of tetrazole rings is 1. The molecule has 14 heteroatoms. The van der Waals surface area contributed by atoms with Crippen LogP contribution in [-0.2, 0) is 23.2 Å². The number of nitrogens with one attached hydrogen (secondary N) is 1. The third-order valence-corrected chi connectivity index (χ3v) is 4.87. The van der Waals surface area contributed by atoms with E-state index in [1.54, 1.807) is 0 Å². The smallest absolute Gasteiger partial charge is 0.402 e. The molecule has 0 saturated carbocycles. The lowest BCUT2D eigenvalue weighted by molar-refractivity contribution is -0.137. The normalized spacial score (nSPS) is 12.0. The Labute approximate surface area is 161 Å². The summed E-state index contributed by atoms with van der Waals surface area (Å²) in [6.45, 7) is 0. The van der Waals surface area contributed by atoms with Crippen molar-refractivity contribution in [1.29, 1.82) is 0 Å². The molecule has 9 nitrogen and oxygen atoms in total. The number of sulfonamides is 1. The van der Waals surface area contributed by atoms with Gasteiger partial charge in [0.25, 0.3) is 10.0 Å². The second-order valence-corrected chi connectivity index (χ2v) is 7.44. The molecular formula is C14H10ClF3N6O3S. The third kappa shape index (κ3) is 4.31. The number of hydrogen-bond acceptors (Lipinski definition) is 7. The molecular weight excluding hydrogens is 425 g/mol. The van der Waals surface area contributed by atoms with Crippen molar-refractivity contribution in [2.24, 2.45) is 7.05 Å². The molecule has 0 aliphatic rings. The number of nitrogens with zero attached hydrogens (tertiary/aromatic N) is 5. The number of aryl methyl sites for hydroxylation is 1. The van der Waals surface area contributed by atoms with E-state index < -0.39 is 26.7 Å². The van der Waals surface area contributed by atoms with Gasteiger partial charge in [-0.15, -0.1) is 0 Å². The second-order valence-electron chi connectivity index (χ2n) is 5.32. The Morgan fingerprint density at radius 1 is 1.25 bits per heavy atom. The van der Waals surface area contributed by atoms with Crippen LogP contribution in [0, 0.1) is 0 Å². The average Bonchev–Trinajstić information content (AvgIpc) is 3.01. The highest BCUT2D eigenvalue weighted by atomic mass is 35.5. The van der Waals surface area contributed by atoms with E-state index in [0.29, 0.717) is 6.07 Å². The molecule has 0 aliphatic carbocycles. The predicted molar refractivity (Wildman–Crippen MR) is 90.4 cm³/mol. The van der Waals surface area contributed by atoms with Gasteiger partial charge in [0.15, 0.2) is 0 Å². The Hall–Kier alpha value is -2.93. The van der Waals surface area contributed by atoms with E-state index in [-0.39, 0.29) is 22.6 Å². The van der Waals surface area contributed by atoms with Crippen LogP contribution in [0.4, 0.5) is 18.9 Å². The highest BCUT2D eigenvalue weighted by molar-refractivity contribution is 7.92. The van der Waals surface area contributed by atoms with Crippen LogP contribution in [0.25, 0.3) is 0 Å². The summed E-state index contributed by atoms with van der Waals surface area (Å²) in [4.78, 5) is 3.26. The molecule has 0 bridgehead atoms. The van der Waals surface area contributed by atoms with E-state index in [1.165, 1.54) is 19.3 Å². The molecule has 0 saturated heterocycles. The molecule has 0 unspecified atom stereocenters. The lowest BCUT2D eigenvalue weighted by Gasteiger charge is -2.13. The number of pyridine rings is 1. The van der Waals surface area contributed by atoms with Gasteiger partial charge in [0.1, 0.15) is 5.69 Å². The quantitative estimate of drug-likeness (QED) is 0.657. The molecule has 0 radical (unpaired) electrons. The summed E-state index contributed by atoms with van der Waals surface area (Å²) in [6.07, 6.45) is -3.52. The number of ether oxygens (including phenoxy) is 1. The van der Waals surface area contributed by atoms with Gasteiger partial charge < -0.3 is 4.74 Å². The number of halogens is 4. The maximum absolute atomic E-state index is 12.9. The lowest BCUT2D eigenvalue weighted by Crippen LogP contribution is -2.15. The first-order valence-corrected chi connectivity index (χ1v) is 9.18. The van der Waals surface area contributed by atoms with Gasteiger partial charge in [-0.25, -0.2) is 13.4 Å². The van der Waals surface area contributed by atoms with Gasteiger partial charge in [0.2, 0.25) is 5.88 Å². The van der Waals surface area contributed by atoms with Crippen LogP contribution in [0.1, 0.15) is 5.56 Å². The number of hydrogen-bond donors (Lipinski definition) is 1. The minimum Gasteiger partial charge on any atom is -0.402 e. The van der Waals surface area contributed by atoms with Crippen LogP contribution in [0.5, 0.6) is 11.9 Å². The molecule has 2 heterocycles. The standard InChI is InChI=1S/C14H10ClF3N6O3S/c1-24-13(20-22-23-24)27-12-11(6-9(15)7-19-12)21-28(25,26)10-4-2-3-8(5-10)14(16,17)18/h2-7,21H,1H3. The number of alkyl halides is 3. The fraction of sp³-hybridized carbons (Fsp3) is 0.143. The lowest BCUT2D eigenvalue weighted by atomic mass is 10.2. The molecule has 0 amide bonds. The zero-order valence-corrected chi connectivity index (χ0v) is 15.4. The summed E-state index contributed by atoms with van der Waals surface area (Å²) in [6, 6.07) is 4.34. The molecule has 0 fully saturated rings. The van der Waals surface area contributed by atoms with Crippen molar-refractivity contribution in [1.82, 2.24) is 25.2 Å². The number of aromatic nitrogens is 5. The van der Waals surface area contributed by atoms with Crippen molar-refractivity contribution in [2.75, 3.05) is 4.72 Å². The van der Waals surface area contributed by atoms with E-state index in [4.69, 9.17) is 16.3 Å². The molecule has 148 valence electrons. The van der Waals surface area contributed by atoms with Crippen LogP contribution in [-0.4, -0.2) is 33.6 Å². The summed E-state index contributed by atoms with van der Waals surface area (Å²) < 4.78 is 72.3. The summed E-state index contributed by atoms with van der Waals surface area (Å²) in [5.41, 5.74) is -1.32. The van der Waals surface area contributed by atoms with Crippen molar-refractivity contribution < 1.29 is 26.3 Å². The Morgan fingerprint density at radius 3 is 2.64 bits per heavy atom. The van der Waals surface area contributed by atoms with Crippen LogP contribution in [0.2, 0.25) is 5.02 Å². The van der Waals surface area contributed by atoms with Crippen molar-refractivity contribution in [3.05, 3.63) is 47.1 Å². The zero-order valence-electron chi connectivity index (χ0n) is 13.8. The highest BCUT2D eigenvalue weighted by Gasteiger charge is 2.32. The Morgan fingerprint density at radius 2 is 2.00 bits per heavy atom.